The molecule has 0 aliphatic carbocycles. The van der Waals surface area contributed by atoms with Crippen molar-refractivity contribution in [3.8, 4) is 0 Å². The number of hydrogen-bond acceptors (Lipinski definition) is 3. The summed E-state index contributed by atoms with van der Waals surface area (Å²) < 4.78 is 26.5. The topological polar surface area (TPSA) is 95.5 Å². The van der Waals surface area contributed by atoms with Crippen LogP contribution in [0.4, 0.5) is 0 Å². The molecule has 0 saturated carbocycles. The molecule has 3 N–H and O–H groups in total. The Morgan fingerprint density at radius 3 is 2.35 bits per heavy atom. The van der Waals surface area contributed by atoms with Gasteiger partial charge in [-0.1, -0.05) is 12.1 Å². The van der Waals surface area contributed by atoms with Gasteiger partial charge >= 0.3 is 5.97 Å². The lowest BCUT2D eigenvalue weighted by Crippen LogP contribution is -2.35. The Balaban J connectivity index is 2.51. The molecule has 1 aromatic rings. The van der Waals surface area contributed by atoms with Crippen molar-refractivity contribution in [1.82, 2.24) is 9.44 Å². The highest BCUT2D eigenvalue weighted by atomic mass is 32.2. The zero-order valence-corrected chi connectivity index (χ0v) is 10.1. The van der Waals surface area contributed by atoms with Crippen LogP contribution in [0.15, 0.2) is 24.3 Å². The highest BCUT2D eigenvalue weighted by Crippen LogP contribution is 2.04. The lowest BCUT2D eigenvalue weighted by atomic mass is 10.1. The van der Waals surface area contributed by atoms with E-state index in [0.717, 1.165) is 5.56 Å². The second-order valence-electron chi connectivity index (χ2n) is 3.35. The third kappa shape index (κ3) is 4.51. The molecule has 0 amide bonds. The van der Waals surface area contributed by atoms with Gasteiger partial charge in [0.2, 0.25) is 0 Å². The molecule has 0 radical (unpaired) electrons. The van der Waals surface area contributed by atoms with E-state index in [1.807, 2.05) is 0 Å². The van der Waals surface area contributed by atoms with E-state index in [4.69, 9.17) is 5.11 Å². The lowest BCUT2D eigenvalue weighted by Gasteiger charge is -2.05. The zero-order chi connectivity index (χ0) is 12.9. The number of carbonyl (C=O) groups is 1. The van der Waals surface area contributed by atoms with Gasteiger partial charge in [0.1, 0.15) is 0 Å². The number of carboxylic acids is 1. The quantitative estimate of drug-likeness (QED) is 0.668. The van der Waals surface area contributed by atoms with E-state index >= 15 is 0 Å². The molecular weight excluding hydrogens is 244 g/mol. The van der Waals surface area contributed by atoms with Crippen molar-refractivity contribution in [2.24, 2.45) is 0 Å². The molecule has 7 heteroatoms. The van der Waals surface area contributed by atoms with Gasteiger partial charge in [0, 0.05) is 13.6 Å². The minimum absolute atomic E-state index is 0.213. The predicted molar refractivity (Wildman–Crippen MR) is 63.1 cm³/mol. The lowest BCUT2D eigenvalue weighted by molar-refractivity contribution is 0.0697. The van der Waals surface area contributed by atoms with Crippen molar-refractivity contribution >= 4 is 16.2 Å². The van der Waals surface area contributed by atoms with E-state index in [-0.39, 0.29) is 12.1 Å². The van der Waals surface area contributed by atoms with Gasteiger partial charge in [-0.25, -0.2) is 14.2 Å². The number of rotatable bonds is 6. The second kappa shape index (κ2) is 5.76. The molecular formula is C10H14N2O4S. The van der Waals surface area contributed by atoms with Crippen molar-refractivity contribution < 1.29 is 18.3 Å². The zero-order valence-electron chi connectivity index (χ0n) is 9.30. The van der Waals surface area contributed by atoms with Crippen LogP contribution in [0.3, 0.4) is 0 Å². The smallest absolute Gasteiger partial charge is 0.335 e. The maximum absolute atomic E-state index is 11.0. The molecule has 0 aromatic heterocycles. The third-order valence-corrected chi connectivity index (χ3v) is 3.30. The standard InChI is InChI=1S/C10H14N2O4S/c1-11-17(15,16)12-7-6-8-2-4-9(5-3-8)10(13)14/h2-5,11-12H,6-7H2,1H3,(H,13,14). The summed E-state index contributed by atoms with van der Waals surface area (Å²) in [5, 5.41) is 8.69. The maximum atomic E-state index is 11.0. The first-order valence-electron chi connectivity index (χ1n) is 4.95. The molecule has 0 fully saturated rings. The Morgan fingerprint density at radius 1 is 1.29 bits per heavy atom. The van der Waals surface area contributed by atoms with E-state index < -0.39 is 16.2 Å². The molecule has 0 spiro atoms. The minimum atomic E-state index is -3.41. The molecule has 0 bridgehead atoms. The first-order chi connectivity index (χ1) is 7.94. The largest absolute Gasteiger partial charge is 0.478 e. The van der Waals surface area contributed by atoms with E-state index in [1.165, 1.54) is 19.2 Å². The first-order valence-corrected chi connectivity index (χ1v) is 6.43. The van der Waals surface area contributed by atoms with Crippen LogP contribution in [0.2, 0.25) is 0 Å². The van der Waals surface area contributed by atoms with Crippen molar-refractivity contribution in [2.75, 3.05) is 13.6 Å². The molecule has 0 aliphatic heterocycles. The van der Waals surface area contributed by atoms with Crippen molar-refractivity contribution in [2.45, 2.75) is 6.42 Å². The summed E-state index contributed by atoms with van der Waals surface area (Å²) in [6, 6.07) is 6.31. The average Bonchev–Trinajstić information content (AvgIpc) is 2.29. The van der Waals surface area contributed by atoms with E-state index in [1.54, 1.807) is 12.1 Å². The van der Waals surface area contributed by atoms with Crippen molar-refractivity contribution in [1.29, 1.82) is 0 Å². The number of benzene rings is 1. The number of carboxylic acid groups (broad SMARTS) is 1. The summed E-state index contributed by atoms with van der Waals surface area (Å²) >= 11 is 0. The molecule has 0 atom stereocenters. The normalized spacial score (nSPS) is 11.4. The fourth-order valence-electron chi connectivity index (χ4n) is 1.22. The van der Waals surface area contributed by atoms with Gasteiger partial charge in [0.05, 0.1) is 5.56 Å². The third-order valence-electron chi connectivity index (χ3n) is 2.18. The second-order valence-corrected chi connectivity index (χ2v) is 5.06. The molecule has 0 heterocycles. The summed E-state index contributed by atoms with van der Waals surface area (Å²) in [4.78, 5) is 10.6. The fourth-order valence-corrected chi connectivity index (χ4v) is 1.73. The summed E-state index contributed by atoms with van der Waals surface area (Å²) in [5.41, 5.74) is 1.08. The van der Waals surface area contributed by atoms with Crippen LogP contribution in [-0.4, -0.2) is 33.1 Å². The first kappa shape index (κ1) is 13.6. The van der Waals surface area contributed by atoms with E-state index in [0.29, 0.717) is 6.42 Å². The van der Waals surface area contributed by atoms with E-state index in [2.05, 4.69) is 9.44 Å². The molecule has 6 nitrogen and oxygen atoms in total. The Bertz CT molecular complexity index is 482. The van der Waals surface area contributed by atoms with Crippen molar-refractivity contribution in [3.63, 3.8) is 0 Å². The fraction of sp³-hybridized carbons (Fsp3) is 0.300. The van der Waals surface area contributed by atoms with Gasteiger partial charge in [-0.3, -0.25) is 0 Å². The maximum Gasteiger partial charge on any atom is 0.335 e. The average molecular weight is 258 g/mol. The van der Waals surface area contributed by atoms with Crippen LogP contribution in [0.25, 0.3) is 0 Å². The minimum Gasteiger partial charge on any atom is -0.478 e. The highest BCUT2D eigenvalue weighted by molar-refractivity contribution is 7.87. The predicted octanol–water partition coefficient (Wildman–Crippen LogP) is -0.0189. The van der Waals surface area contributed by atoms with E-state index in [9.17, 15) is 13.2 Å². The number of aromatic carboxylic acids is 1. The molecule has 94 valence electrons. The van der Waals surface area contributed by atoms with Crippen LogP contribution < -0.4 is 9.44 Å². The Hall–Kier alpha value is -1.44. The van der Waals surface area contributed by atoms with Gasteiger partial charge in [-0.05, 0) is 24.1 Å². The van der Waals surface area contributed by atoms with Crippen molar-refractivity contribution in [3.05, 3.63) is 35.4 Å². The Morgan fingerprint density at radius 2 is 1.88 bits per heavy atom. The van der Waals surface area contributed by atoms with Crippen LogP contribution in [0.5, 0.6) is 0 Å². The Labute approximate surface area is 99.8 Å². The van der Waals surface area contributed by atoms with Crippen LogP contribution in [-0.2, 0) is 16.6 Å². The van der Waals surface area contributed by atoms with Crippen LogP contribution >= 0.6 is 0 Å². The number of hydrogen-bond donors (Lipinski definition) is 3. The SMILES string of the molecule is CNS(=O)(=O)NCCc1ccc(C(=O)O)cc1. The highest BCUT2D eigenvalue weighted by Gasteiger charge is 2.05. The van der Waals surface area contributed by atoms with Crippen LogP contribution in [0.1, 0.15) is 15.9 Å². The molecule has 17 heavy (non-hydrogen) atoms. The molecule has 0 unspecified atom stereocenters. The monoisotopic (exact) mass is 258 g/mol. The molecule has 1 aromatic carbocycles. The van der Waals surface area contributed by atoms with Gasteiger partial charge in [0.15, 0.2) is 0 Å². The Kier molecular flexibility index (Phi) is 4.62. The van der Waals surface area contributed by atoms with Gasteiger partial charge < -0.3 is 5.11 Å². The molecule has 0 aliphatic rings. The summed E-state index contributed by atoms with van der Waals surface area (Å²) in [7, 11) is -2.08. The summed E-state index contributed by atoms with van der Waals surface area (Å²) in [6.45, 7) is 0.260. The summed E-state index contributed by atoms with van der Waals surface area (Å²) in [5.74, 6) is -0.979. The summed E-state index contributed by atoms with van der Waals surface area (Å²) in [6.07, 6.45) is 0.501. The van der Waals surface area contributed by atoms with Gasteiger partial charge in [0.25, 0.3) is 10.2 Å². The molecule has 0 saturated heterocycles. The molecule has 1 rings (SSSR count). The van der Waals surface area contributed by atoms with Crippen LogP contribution in [0, 0.1) is 0 Å². The van der Waals surface area contributed by atoms with Gasteiger partial charge in [-0.2, -0.15) is 8.42 Å². The number of nitrogens with one attached hydrogen (secondary N) is 2. The van der Waals surface area contributed by atoms with Gasteiger partial charge in [-0.15, -0.1) is 0 Å².